The van der Waals surface area contributed by atoms with E-state index in [0.717, 1.165) is 16.8 Å². The van der Waals surface area contributed by atoms with Crippen LogP contribution in [0, 0.1) is 0 Å². The van der Waals surface area contributed by atoms with Crippen LogP contribution in [0.2, 0.25) is 0 Å². The zero-order chi connectivity index (χ0) is 16.8. The van der Waals surface area contributed by atoms with E-state index < -0.39 is 0 Å². The van der Waals surface area contributed by atoms with E-state index in [9.17, 15) is 9.90 Å². The van der Waals surface area contributed by atoms with E-state index in [-0.39, 0.29) is 18.6 Å². The van der Waals surface area contributed by atoms with Gasteiger partial charge in [0.2, 0.25) is 0 Å². The zero-order valence-corrected chi connectivity index (χ0v) is 13.9. The van der Waals surface area contributed by atoms with Crippen molar-refractivity contribution in [3.63, 3.8) is 0 Å². The molecule has 0 fully saturated rings. The van der Waals surface area contributed by atoms with Gasteiger partial charge in [-0.1, -0.05) is 42.5 Å². The van der Waals surface area contributed by atoms with Gasteiger partial charge in [-0.25, -0.2) is 4.98 Å². The van der Waals surface area contributed by atoms with Gasteiger partial charge in [0.1, 0.15) is 0 Å². The first-order chi connectivity index (χ1) is 11.8. The first-order valence-corrected chi connectivity index (χ1v) is 8.67. The average Bonchev–Trinajstić information content (AvgIpc) is 3.17. The van der Waals surface area contributed by atoms with Crippen molar-refractivity contribution in [1.82, 2.24) is 10.3 Å². The van der Waals surface area contributed by atoms with Crippen LogP contribution < -0.4 is 5.32 Å². The maximum atomic E-state index is 12.5. The summed E-state index contributed by atoms with van der Waals surface area (Å²) in [5.74, 6) is -0.151. The van der Waals surface area contributed by atoms with Gasteiger partial charge in [-0.3, -0.25) is 4.79 Å². The number of hydrogen-bond acceptors (Lipinski definition) is 4. The van der Waals surface area contributed by atoms with Crippen molar-refractivity contribution in [2.24, 2.45) is 0 Å². The Morgan fingerprint density at radius 2 is 1.88 bits per heavy atom. The minimum absolute atomic E-state index is 0.0165. The van der Waals surface area contributed by atoms with Crippen molar-refractivity contribution >= 4 is 17.2 Å². The third kappa shape index (κ3) is 3.88. The van der Waals surface area contributed by atoms with E-state index in [2.05, 4.69) is 10.3 Å². The van der Waals surface area contributed by atoms with Gasteiger partial charge < -0.3 is 10.4 Å². The smallest absolute Gasteiger partial charge is 0.251 e. The highest BCUT2D eigenvalue weighted by Crippen LogP contribution is 2.21. The van der Waals surface area contributed by atoms with Crippen LogP contribution in [0.15, 0.2) is 65.5 Å². The number of amides is 1. The Morgan fingerprint density at radius 1 is 1.12 bits per heavy atom. The first-order valence-electron chi connectivity index (χ1n) is 7.73. The molecule has 0 aliphatic carbocycles. The molecule has 4 nitrogen and oxygen atoms in total. The van der Waals surface area contributed by atoms with Crippen LogP contribution in [0.3, 0.4) is 0 Å². The fraction of sp³-hybridized carbons (Fsp3) is 0.158. The van der Waals surface area contributed by atoms with Gasteiger partial charge >= 0.3 is 0 Å². The Morgan fingerprint density at radius 3 is 2.50 bits per heavy atom. The van der Waals surface area contributed by atoms with E-state index in [4.69, 9.17) is 0 Å². The number of aliphatic hydroxyl groups is 1. The second kappa shape index (κ2) is 7.86. The van der Waals surface area contributed by atoms with Crippen LogP contribution in [-0.4, -0.2) is 22.6 Å². The number of nitrogens with one attached hydrogen (secondary N) is 1. The summed E-state index contributed by atoms with van der Waals surface area (Å²) in [5, 5.41) is 14.2. The number of aromatic nitrogens is 1. The summed E-state index contributed by atoms with van der Waals surface area (Å²) in [4.78, 5) is 16.8. The van der Waals surface area contributed by atoms with Crippen LogP contribution in [-0.2, 0) is 0 Å². The van der Waals surface area contributed by atoms with Crippen molar-refractivity contribution in [3.05, 3.63) is 76.6 Å². The number of nitrogens with zero attached hydrogens (tertiary/aromatic N) is 1. The van der Waals surface area contributed by atoms with Gasteiger partial charge in [-0.2, -0.15) is 0 Å². The summed E-state index contributed by atoms with van der Waals surface area (Å²) in [6.07, 6.45) is 0.479. The number of carbonyl (C=O) groups is 1. The molecular formula is C19H18N2O2S. The third-order valence-electron chi connectivity index (χ3n) is 3.80. The fourth-order valence-electron chi connectivity index (χ4n) is 2.53. The molecule has 2 aromatic carbocycles. The molecule has 1 amide bonds. The Balaban J connectivity index is 1.73. The summed E-state index contributed by atoms with van der Waals surface area (Å²) in [6.45, 7) is 0.0165. The first kappa shape index (κ1) is 16.4. The van der Waals surface area contributed by atoms with Crippen LogP contribution in [0.5, 0.6) is 0 Å². The van der Waals surface area contributed by atoms with Crippen molar-refractivity contribution in [2.75, 3.05) is 6.61 Å². The Hall–Kier alpha value is -2.50. The molecule has 0 bridgehead atoms. The molecule has 5 heteroatoms. The van der Waals surface area contributed by atoms with Crippen LogP contribution in [0.25, 0.3) is 11.3 Å². The molecule has 3 rings (SSSR count). The van der Waals surface area contributed by atoms with Crippen molar-refractivity contribution < 1.29 is 9.90 Å². The molecular weight excluding hydrogens is 320 g/mol. The lowest BCUT2D eigenvalue weighted by Gasteiger charge is -2.18. The molecule has 122 valence electrons. The van der Waals surface area contributed by atoms with Gasteiger partial charge in [-0.15, -0.1) is 11.3 Å². The van der Waals surface area contributed by atoms with Crippen LogP contribution in [0.1, 0.15) is 28.4 Å². The molecule has 1 unspecified atom stereocenters. The normalized spacial score (nSPS) is 11.9. The van der Waals surface area contributed by atoms with Gasteiger partial charge in [0, 0.05) is 23.1 Å². The van der Waals surface area contributed by atoms with Crippen LogP contribution in [0.4, 0.5) is 0 Å². The van der Waals surface area contributed by atoms with Crippen LogP contribution >= 0.6 is 11.3 Å². The molecule has 0 spiro atoms. The quantitative estimate of drug-likeness (QED) is 0.721. The molecule has 0 saturated heterocycles. The summed E-state index contributed by atoms with van der Waals surface area (Å²) in [5.41, 5.74) is 5.26. The molecule has 1 atom stereocenters. The van der Waals surface area contributed by atoms with Crippen molar-refractivity contribution in [3.8, 4) is 11.3 Å². The molecule has 24 heavy (non-hydrogen) atoms. The number of carbonyl (C=O) groups excluding carboxylic acids is 1. The highest BCUT2D eigenvalue weighted by molar-refractivity contribution is 7.07. The Labute approximate surface area is 144 Å². The molecule has 3 aromatic rings. The minimum Gasteiger partial charge on any atom is -0.396 e. The molecule has 0 aliphatic heterocycles. The third-order valence-corrected chi connectivity index (χ3v) is 4.39. The van der Waals surface area contributed by atoms with Gasteiger partial charge in [0.05, 0.1) is 17.2 Å². The molecule has 0 saturated carbocycles. The second-order valence-corrected chi connectivity index (χ2v) is 6.12. The van der Waals surface area contributed by atoms with Crippen molar-refractivity contribution in [2.45, 2.75) is 12.5 Å². The summed E-state index contributed by atoms with van der Waals surface area (Å²) < 4.78 is 0. The predicted octanol–water partition coefficient (Wildman–Crippen LogP) is 3.66. The maximum absolute atomic E-state index is 12.5. The van der Waals surface area contributed by atoms with Gasteiger partial charge in [0.25, 0.3) is 5.91 Å². The molecule has 1 heterocycles. The monoisotopic (exact) mass is 338 g/mol. The summed E-state index contributed by atoms with van der Waals surface area (Å²) in [7, 11) is 0. The minimum atomic E-state index is -0.207. The van der Waals surface area contributed by atoms with Crippen molar-refractivity contribution in [1.29, 1.82) is 0 Å². The highest BCUT2D eigenvalue weighted by Gasteiger charge is 2.15. The topological polar surface area (TPSA) is 62.2 Å². The van der Waals surface area contributed by atoms with E-state index in [1.54, 1.807) is 29.0 Å². The standard InChI is InChI=1S/C19H18N2O2S/c22-11-10-17(14-4-2-1-3-5-14)21-19(23)16-8-6-15(7-9-16)18-12-24-13-20-18/h1-9,12-13,17,22H,10-11H2,(H,21,23). The zero-order valence-electron chi connectivity index (χ0n) is 13.1. The van der Waals surface area contributed by atoms with Gasteiger partial charge in [-0.05, 0) is 24.1 Å². The number of hydrogen-bond donors (Lipinski definition) is 2. The lowest BCUT2D eigenvalue weighted by molar-refractivity contribution is 0.0930. The SMILES string of the molecule is O=C(NC(CCO)c1ccccc1)c1ccc(-c2cscn2)cc1. The molecule has 0 radical (unpaired) electrons. The number of thiazole rings is 1. The maximum Gasteiger partial charge on any atom is 0.251 e. The van der Waals surface area contributed by atoms with E-state index in [0.29, 0.717) is 12.0 Å². The highest BCUT2D eigenvalue weighted by atomic mass is 32.1. The number of rotatable bonds is 6. The number of aliphatic hydroxyl groups excluding tert-OH is 1. The Kier molecular flexibility index (Phi) is 5.36. The van der Waals surface area contributed by atoms with E-state index >= 15 is 0 Å². The van der Waals surface area contributed by atoms with Gasteiger partial charge in [0.15, 0.2) is 0 Å². The average molecular weight is 338 g/mol. The second-order valence-electron chi connectivity index (χ2n) is 5.40. The number of benzene rings is 2. The predicted molar refractivity (Wildman–Crippen MR) is 95.9 cm³/mol. The lowest BCUT2D eigenvalue weighted by Crippen LogP contribution is -2.29. The Bertz CT molecular complexity index is 771. The molecule has 1 aromatic heterocycles. The fourth-order valence-corrected chi connectivity index (χ4v) is 3.09. The summed E-state index contributed by atoms with van der Waals surface area (Å²) in [6, 6.07) is 16.9. The van der Waals surface area contributed by atoms with E-state index in [1.807, 2.05) is 47.8 Å². The van der Waals surface area contributed by atoms with E-state index in [1.165, 1.54) is 0 Å². The largest absolute Gasteiger partial charge is 0.396 e. The molecule has 2 N–H and O–H groups in total. The summed E-state index contributed by atoms with van der Waals surface area (Å²) >= 11 is 1.54. The lowest BCUT2D eigenvalue weighted by atomic mass is 10.0. The molecule has 0 aliphatic rings.